The van der Waals surface area contributed by atoms with Gasteiger partial charge in [-0.25, -0.2) is 14.1 Å². The molecule has 1 saturated heterocycles. The van der Waals surface area contributed by atoms with Gasteiger partial charge in [0.25, 0.3) is 5.91 Å². The van der Waals surface area contributed by atoms with Crippen LogP contribution in [0, 0.1) is 17.7 Å². The highest BCUT2D eigenvalue weighted by Gasteiger charge is 2.38. The number of benzene rings is 2. The third-order valence-corrected chi connectivity index (χ3v) is 8.53. The van der Waals surface area contributed by atoms with Crippen molar-refractivity contribution in [3.8, 4) is 5.69 Å². The van der Waals surface area contributed by atoms with E-state index in [1.54, 1.807) is 39.9 Å². The molecule has 2 amide bonds. The van der Waals surface area contributed by atoms with Gasteiger partial charge in [-0.15, -0.1) is 0 Å². The van der Waals surface area contributed by atoms with Crippen molar-refractivity contribution in [2.24, 2.45) is 11.8 Å². The van der Waals surface area contributed by atoms with Crippen LogP contribution in [0.2, 0.25) is 10.0 Å². The summed E-state index contributed by atoms with van der Waals surface area (Å²) in [4.78, 5) is 27.9. The lowest BCUT2D eigenvalue weighted by molar-refractivity contribution is -0.128. The van der Waals surface area contributed by atoms with Gasteiger partial charge in [0.05, 0.1) is 22.9 Å². The van der Waals surface area contributed by atoms with E-state index < -0.39 is 0 Å². The normalized spacial score (nSPS) is 21.7. The Labute approximate surface area is 236 Å². The third kappa shape index (κ3) is 5.09. The van der Waals surface area contributed by atoms with Crippen molar-refractivity contribution < 1.29 is 14.0 Å². The van der Waals surface area contributed by atoms with Gasteiger partial charge in [-0.3, -0.25) is 15.0 Å². The molecule has 3 aromatic rings. The Kier molecular flexibility index (Phi) is 6.95. The Morgan fingerprint density at radius 3 is 2.44 bits per heavy atom. The van der Waals surface area contributed by atoms with Crippen molar-refractivity contribution in [3.05, 3.63) is 80.8 Å². The average molecular weight is 568 g/mol. The maximum absolute atomic E-state index is 13.7. The lowest BCUT2D eigenvalue weighted by Crippen LogP contribution is -2.42. The molecule has 3 aliphatic rings. The molecule has 1 N–H and O–H groups in total. The van der Waals surface area contributed by atoms with E-state index in [-0.39, 0.29) is 29.9 Å². The van der Waals surface area contributed by atoms with Crippen LogP contribution >= 0.6 is 23.2 Å². The van der Waals surface area contributed by atoms with Gasteiger partial charge >= 0.3 is 0 Å². The van der Waals surface area contributed by atoms with Crippen LogP contribution in [0.3, 0.4) is 0 Å². The van der Waals surface area contributed by atoms with E-state index in [0.29, 0.717) is 45.4 Å². The fraction of sp³-hybridized carbons (Fsp3) is 0.345. The minimum Gasteiger partial charge on any atom is -0.334 e. The highest BCUT2D eigenvalue weighted by molar-refractivity contribution is 6.35. The molecule has 39 heavy (non-hydrogen) atoms. The molecule has 7 nitrogen and oxygen atoms in total. The molecule has 0 radical (unpaired) electrons. The Morgan fingerprint density at radius 2 is 1.77 bits per heavy atom. The van der Waals surface area contributed by atoms with Crippen LogP contribution in [-0.2, 0) is 11.3 Å². The smallest absolute Gasteiger partial charge is 0.286 e. The number of carbonyl (C=O) groups excluding carboxylic acids is 2. The molecule has 2 fully saturated rings. The highest BCUT2D eigenvalue weighted by Crippen LogP contribution is 2.38. The van der Waals surface area contributed by atoms with E-state index in [9.17, 15) is 14.0 Å². The number of hydrogen-bond donors (Lipinski definition) is 1. The summed E-state index contributed by atoms with van der Waals surface area (Å²) in [7, 11) is 0. The topological polar surface area (TPSA) is 70.5 Å². The molecular weight excluding hydrogens is 540 g/mol. The van der Waals surface area contributed by atoms with Gasteiger partial charge in [-0.2, -0.15) is 5.10 Å². The Balaban J connectivity index is 1.46. The molecule has 3 heterocycles. The molecule has 2 aliphatic heterocycles. The van der Waals surface area contributed by atoms with Gasteiger partial charge in [-0.1, -0.05) is 41.8 Å². The first kappa shape index (κ1) is 26.0. The number of hydrazine groups is 1. The van der Waals surface area contributed by atoms with E-state index in [0.717, 1.165) is 24.2 Å². The molecule has 1 saturated carbocycles. The standard InChI is InChI=1S/C29H28Cl2FN5O2/c1-17(38)35-13-21(11-18-5-8-23(32)9-6-18)28-24(16-35)27(33-37(28)26-10-7-22(30)12-25(26)31)29(39)34-36-14-19-3-2-4-20(19)15-36/h5-12,19-20H,2-4,13-16H2,1H3,(H,34,39). The molecular formula is C29H28Cl2FN5O2. The van der Waals surface area contributed by atoms with E-state index >= 15 is 0 Å². The van der Waals surface area contributed by atoms with Crippen LogP contribution < -0.4 is 5.43 Å². The van der Waals surface area contributed by atoms with Gasteiger partial charge in [-0.05, 0) is 72.2 Å². The van der Waals surface area contributed by atoms with Crippen LogP contribution in [0.5, 0.6) is 0 Å². The maximum atomic E-state index is 13.7. The van der Waals surface area contributed by atoms with Gasteiger partial charge in [0.15, 0.2) is 5.69 Å². The second-order valence-corrected chi connectivity index (χ2v) is 11.4. The van der Waals surface area contributed by atoms with Crippen molar-refractivity contribution in [1.82, 2.24) is 25.1 Å². The summed E-state index contributed by atoms with van der Waals surface area (Å²) in [5, 5.41) is 7.63. The maximum Gasteiger partial charge on any atom is 0.286 e. The number of rotatable bonds is 4. The second kappa shape index (κ2) is 10.4. The van der Waals surface area contributed by atoms with E-state index in [1.165, 1.54) is 38.3 Å². The number of fused-ring (bicyclic) bond motifs is 2. The molecule has 0 spiro atoms. The fourth-order valence-corrected chi connectivity index (χ4v) is 6.58. The van der Waals surface area contributed by atoms with Gasteiger partial charge in [0, 0.05) is 37.1 Å². The van der Waals surface area contributed by atoms with Crippen LogP contribution in [0.15, 0.2) is 42.5 Å². The fourth-order valence-electron chi connectivity index (χ4n) is 6.09. The van der Waals surface area contributed by atoms with Crippen LogP contribution in [0.25, 0.3) is 17.3 Å². The van der Waals surface area contributed by atoms with Crippen LogP contribution in [0.1, 0.15) is 53.5 Å². The summed E-state index contributed by atoms with van der Waals surface area (Å²) in [5.41, 5.74) is 6.71. The molecule has 1 aromatic heterocycles. The number of aromatic nitrogens is 2. The summed E-state index contributed by atoms with van der Waals surface area (Å²) >= 11 is 12.8. The molecule has 0 bridgehead atoms. The van der Waals surface area contributed by atoms with Crippen molar-refractivity contribution in [1.29, 1.82) is 0 Å². The van der Waals surface area contributed by atoms with Crippen LogP contribution in [0.4, 0.5) is 4.39 Å². The number of hydrogen-bond acceptors (Lipinski definition) is 4. The summed E-state index contributed by atoms with van der Waals surface area (Å²) in [5.74, 6) is 0.448. The number of carbonyl (C=O) groups is 2. The van der Waals surface area contributed by atoms with E-state index in [2.05, 4.69) is 5.43 Å². The van der Waals surface area contributed by atoms with Crippen molar-refractivity contribution >= 4 is 46.7 Å². The summed E-state index contributed by atoms with van der Waals surface area (Å²) in [6.07, 6.45) is 5.53. The molecule has 202 valence electrons. The summed E-state index contributed by atoms with van der Waals surface area (Å²) in [6, 6.07) is 11.2. The highest BCUT2D eigenvalue weighted by atomic mass is 35.5. The minimum absolute atomic E-state index is 0.123. The Hall–Kier alpha value is -3.20. The predicted molar refractivity (Wildman–Crippen MR) is 149 cm³/mol. The lowest BCUT2D eigenvalue weighted by Gasteiger charge is -2.29. The van der Waals surface area contributed by atoms with Crippen molar-refractivity contribution in [2.75, 3.05) is 19.6 Å². The molecule has 2 aromatic carbocycles. The largest absolute Gasteiger partial charge is 0.334 e. The van der Waals surface area contributed by atoms with E-state index in [4.69, 9.17) is 28.3 Å². The first-order valence-corrected chi connectivity index (χ1v) is 13.9. The summed E-state index contributed by atoms with van der Waals surface area (Å²) in [6.45, 7) is 3.69. The zero-order valence-corrected chi connectivity index (χ0v) is 23.0. The number of halogens is 3. The number of nitrogens with zero attached hydrogens (tertiary/aromatic N) is 4. The van der Waals surface area contributed by atoms with Crippen molar-refractivity contribution in [3.63, 3.8) is 0 Å². The van der Waals surface area contributed by atoms with Gasteiger partial charge < -0.3 is 4.90 Å². The third-order valence-electron chi connectivity index (χ3n) is 7.99. The van der Waals surface area contributed by atoms with E-state index in [1.807, 2.05) is 11.1 Å². The van der Waals surface area contributed by atoms with Crippen LogP contribution in [-0.4, -0.2) is 51.1 Å². The number of amides is 2. The first-order chi connectivity index (χ1) is 18.8. The second-order valence-electron chi connectivity index (χ2n) is 10.6. The lowest BCUT2D eigenvalue weighted by atomic mass is 9.97. The Morgan fingerprint density at radius 1 is 1.05 bits per heavy atom. The monoisotopic (exact) mass is 567 g/mol. The predicted octanol–water partition coefficient (Wildman–Crippen LogP) is 5.60. The Bertz CT molecular complexity index is 1470. The van der Waals surface area contributed by atoms with Crippen molar-refractivity contribution in [2.45, 2.75) is 32.7 Å². The summed E-state index contributed by atoms with van der Waals surface area (Å²) < 4.78 is 15.3. The number of nitrogens with one attached hydrogen (secondary N) is 1. The SMILES string of the molecule is CC(=O)N1CC(=Cc2ccc(F)cc2)c2c(c(C(=O)NN3CC4CCCC4C3)nn2-c2ccc(Cl)cc2Cl)C1. The van der Waals surface area contributed by atoms with Gasteiger partial charge in [0.1, 0.15) is 5.82 Å². The molecule has 1 aliphatic carbocycles. The zero-order valence-electron chi connectivity index (χ0n) is 21.5. The molecule has 2 atom stereocenters. The quantitative estimate of drug-likeness (QED) is 0.445. The van der Waals surface area contributed by atoms with Gasteiger partial charge in [0.2, 0.25) is 5.91 Å². The minimum atomic E-state index is -0.338. The first-order valence-electron chi connectivity index (χ1n) is 13.1. The molecule has 6 rings (SSSR count). The average Bonchev–Trinajstić information content (AvgIpc) is 3.59. The molecule has 2 unspecified atom stereocenters. The molecule has 10 heteroatoms. The zero-order chi connectivity index (χ0) is 27.3.